The number of carboxylic acids is 2. The Balaban J connectivity index is 0.000000151. The van der Waals surface area contributed by atoms with Crippen molar-refractivity contribution in [1.29, 1.82) is 0 Å². The van der Waals surface area contributed by atoms with Gasteiger partial charge in [-0.25, -0.2) is 0 Å². The average molecular weight is 482 g/mol. The normalized spacial score (nSPS) is 25.6. The van der Waals surface area contributed by atoms with Crippen molar-refractivity contribution in [3.8, 4) is 0 Å². The molecule has 4 rings (SSSR count). The molecule has 2 saturated carbocycles. The number of halogens is 2. The highest BCUT2D eigenvalue weighted by molar-refractivity contribution is 9.10. The summed E-state index contributed by atoms with van der Waals surface area (Å²) in [4.78, 5) is 21.2. The highest BCUT2D eigenvalue weighted by Crippen LogP contribution is 2.48. The molecular formula is C20H18Br2O4. The standard InChI is InChI=1S/2C10H9BrO2/c2*11-7-3-1-6(2-4-7)8-5-9(8)10(12)13/h2*1-4,8-9H,5H2,(H,12,13)/t2*8-,9+/m10/s1. The first kappa shape index (κ1) is 19.1. The predicted molar refractivity (Wildman–Crippen MR) is 105 cm³/mol. The minimum atomic E-state index is -0.673. The Hall–Kier alpha value is -1.66. The number of hydrogen-bond acceptors (Lipinski definition) is 2. The maximum Gasteiger partial charge on any atom is 0.307 e. The lowest BCUT2D eigenvalue weighted by molar-refractivity contribution is -0.139. The average Bonchev–Trinajstić information content (AvgIpc) is 3.49. The van der Waals surface area contributed by atoms with E-state index in [1.54, 1.807) is 0 Å². The SMILES string of the molecule is O=C(O)[C@@H]1C[C@H]1c1ccc(Br)cc1.O=C(O)[C@H]1C[C@@H]1c1ccc(Br)cc1. The van der Waals surface area contributed by atoms with Gasteiger partial charge in [-0.05, 0) is 60.1 Å². The van der Waals surface area contributed by atoms with Gasteiger partial charge in [-0.1, -0.05) is 56.1 Å². The molecule has 2 aromatic carbocycles. The molecule has 2 aromatic rings. The van der Waals surface area contributed by atoms with E-state index < -0.39 is 11.9 Å². The molecule has 2 N–H and O–H groups in total. The van der Waals surface area contributed by atoms with E-state index >= 15 is 0 Å². The lowest BCUT2D eigenvalue weighted by Crippen LogP contribution is -1.98. The number of carboxylic acid groups (broad SMARTS) is 2. The van der Waals surface area contributed by atoms with Crippen molar-refractivity contribution in [3.63, 3.8) is 0 Å². The molecule has 0 aromatic heterocycles. The van der Waals surface area contributed by atoms with Crippen LogP contribution >= 0.6 is 31.9 Å². The first-order valence-electron chi connectivity index (χ1n) is 8.33. The zero-order valence-corrected chi connectivity index (χ0v) is 17.0. The highest BCUT2D eigenvalue weighted by Gasteiger charge is 2.44. The van der Waals surface area contributed by atoms with E-state index in [1.165, 1.54) is 0 Å². The summed E-state index contributed by atoms with van der Waals surface area (Å²) in [6.45, 7) is 0. The van der Waals surface area contributed by atoms with Crippen molar-refractivity contribution in [2.75, 3.05) is 0 Å². The van der Waals surface area contributed by atoms with Crippen LogP contribution in [-0.2, 0) is 9.59 Å². The fourth-order valence-corrected chi connectivity index (χ4v) is 3.62. The minimum absolute atomic E-state index is 0.152. The molecular weight excluding hydrogens is 464 g/mol. The van der Waals surface area contributed by atoms with Gasteiger partial charge in [0.15, 0.2) is 0 Å². The van der Waals surface area contributed by atoms with Gasteiger partial charge in [-0.2, -0.15) is 0 Å². The number of hydrogen-bond donors (Lipinski definition) is 2. The summed E-state index contributed by atoms with van der Waals surface area (Å²) in [6, 6.07) is 15.7. The summed E-state index contributed by atoms with van der Waals surface area (Å²) in [6.07, 6.45) is 1.58. The van der Waals surface area contributed by atoms with Crippen molar-refractivity contribution in [3.05, 3.63) is 68.6 Å². The van der Waals surface area contributed by atoms with E-state index in [0.717, 1.165) is 32.9 Å². The topological polar surface area (TPSA) is 74.6 Å². The van der Waals surface area contributed by atoms with E-state index in [1.807, 2.05) is 48.5 Å². The molecule has 2 fully saturated rings. The molecule has 0 unspecified atom stereocenters. The van der Waals surface area contributed by atoms with Crippen molar-refractivity contribution in [2.45, 2.75) is 24.7 Å². The second-order valence-electron chi connectivity index (χ2n) is 6.68. The van der Waals surface area contributed by atoms with Gasteiger partial charge < -0.3 is 10.2 Å². The monoisotopic (exact) mass is 480 g/mol. The van der Waals surface area contributed by atoms with Crippen molar-refractivity contribution >= 4 is 43.8 Å². The van der Waals surface area contributed by atoms with Crippen LogP contribution in [0.2, 0.25) is 0 Å². The maximum atomic E-state index is 10.6. The van der Waals surface area contributed by atoms with Gasteiger partial charge in [0.05, 0.1) is 11.8 Å². The van der Waals surface area contributed by atoms with Crippen molar-refractivity contribution in [2.24, 2.45) is 11.8 Å². The van der Waals surface area contributed by atoms with Gasteiger partial charge in [0.2, 0.25) is 0 Å². The summed E-state index contributed by atoms with van der Waals surface area (Å²) in [5.41, 5.74) is 2.27. The van der Waals surface area contributed by atoms with Crippen LogP contribution in [0.4, 0.5) is 0 Å². The molecule has 0 spiro atoms. The summed E-state index contributed by atoms with van der Waals surface area (Å²) >= 11 is 6.69. The molecule has 0 radical (unpaired) electrons. The van der Waals surface area contributed by atoms with Crippen LogP contribution in [0.3, 0.4) is 0 Å². The van der Waals surface area contributed by atoms with Crippen LogP contribution in [0.15, 0.2) is 57.5 Å². The molecule has 0 saturated heterocycles. The van der Waals surface area contributed by atoms with E-state index in [2.05, 4.69) is 31.9 Å². The Kier molecular flexibility index (Phi) is 5.82. The molecule has 26 heavy (non-hydrogen) atoms. The lowest BCUT2D eigenvalue weighted by Gasteiger charge is -1.97. The van der Waals surface area contributed by atoms with Gasteiger partial charge >= 0.3 is 11.9 Å². The third kappa shape index (κ3) is 4.74. The van der Waals surface area contributed by atoms with E-state index in [9.17, 15) is 9.59 Å². The molecule has 0 heterocycles. The number of benzene rings is 2. The summed E-state index contributed by atoms with van der Waals surface area (Å²) in [5.74, 6) is -1.17. The van der Waals surface area contributed by atoms with Gasteiger partial charge in [-0.3, -0.25) is 9.59 Å². The van der Waals surface area contributed by atoms with Gasteiger partial charge in [-0.15, -0.1) is 0 Å². The third-order valence-electron chi connectivity index (χ3n) is 4.81. The fourth-order valence-electron chi connectivity index (χ4n) is 3.09. The van der Waals surface area contributed by atoms with E-state index in [0.29, 0.717) is 0 Å². The number of aliphatic carboxylic acids is 2. The Morgan fingerprint density at radius 1 is 0.692 bits per heavy atom. The predicted octanol–water partition coefficient (Wildman–Crippen LogP) is 5.27. The number of rotatable bonds is 4. The third-order valence-corrected chi connectivity index (χ3v) is 5.87. The maximum absolute atomic E-state index is 10.6. The quantitative estimate of drug-likeness (QED) is 0.623. The van der Waals surface area contributed by atoms with E-state index in [4.69, 9.17) is 10.2 Å². The highest BCUT2D eigenvalue weighted by atomic mass is 79.9. The molecule has 6 heteroatoms. The Morgan fingerprint density at radius 2 is 1.00 bits per heavy atom. The zero-order valence-electron chi connectivity index (χ0n) is 13.8. The molecule has 2 aliphatic carbocycles. The van der Waals surface area contributed by atoms with Crippen molar-refractivity contribution < 1.29 is 19.8 Å². The largest absolute Gasteiger partial charge is 0.481 e. The summed E-state index contributed by atoms with van der Waals surface area (Å²) < 4.78 is 2.06. The van der Waals surface area contributed by atoms with Gasteiger partial charge in [0.25, 0.3) is 0 Å². The van der Waals surface area contributed by atoms with Crippen LogP contribution in [0.25, 0.3) is 0 Å². The second-order valence-corrected chi connectivity index (χ2v) is 8.51. The first-order chi connectivity index (χ1) is 12.4. The fraction of sp³-hybridized carbons (Fsp3) is 0.300. The molecule has 4 atom stereocenters. The van der Waals surface area contributed by atoms with Crippen LogP contribution < -0.4 is 0 Å². The number of carbonyl (C=O) groups is 2. The molecule has 0 amide bonds. The van der Waals surface area contributed by atoms with Gasteiger partial charge in [0, 0.05) is 8.95 Å². The Morgan fingerprint density at radius 3 is 1.23 bits per heavy atom. The van der Waals surface area contributed by atoms with Crippen LogP contribution in [-0.4, -0.2) is 22.2 Å². The molecule has 4 nitrogen and oxygen atoms in total. The lowest BCUT2D eigenvalue weighted by atomic mass is 10.1. The Labute approximate surface area is 168 Å². The molecule has 0 aliphatic heterocycles. The first-order valence-corrected chi connectivity index (χ1v) is 9.92. The molecule has 2 aliphatic rings. The van der Waals surface area contributed by atoms with Gasteiger partial charge in [0.1, 0.15) is 0 Å². The zero-order chi connectivity index (χ0) is 18.8. The summed E-state index contributed by atoms with van der Waals surface area (Å²) in [5, 5.41) is 17.5. The smallest absolute Gasteiger partial charge is 0.307 e. The molecule has 136 valence electrons. The van der Waals surface area contributed by atoms with E-state index in [-0.39, 0.29) is 23.7 Å². The minimum Gasteiger partial charge on any atom is -0.481 e. The Bertz CT molecular complexity index is 732. The summed E-state index contributed by atoms with van der Waals surface area (Å²) in [7, 11) is 0. The van der Waals surface area contributed by atoms with Crippen LogP contribution in [0.5, 0.6) is 0 Å². The van der Waals surface area contributed by atoms with Crippen LogP contribution in [0, 0.1) is 11.8 Å². The second kappa shape index (κ2) is 7.92. The van der Waals surface area contributed by atoms with Crippen LogP contribution in [0.1, 0.15) is 35.8 Å². The molecule has 0 bridgehead atoms. The van der Waals surface area contributed by atoms with Crippen molar-refractivity contribution in [1.82, 2.24) is 0 Å².